The molecule has 0 aliphatic heterocycles. The molecule has 4 aromatic carbocycles. The Balaban J connectivity index is 1.79. The third-order valence-electron chi connectivity index (χ3n) is 7.54. The monoisotopic (exact) mass is 631 g/mol. The number of nitrogens with one attached hydrogen (secondary N) is 1. The molecule has 0 spiro atoms. The molecule has 0 saturated heterocycles. The fraction of sp³-hybridized carbons (Fsp3) is 0.257. The van der Waals surface area contributed by atoms with Gasteiger partial charge in [0.15, 0.2) is 0 Å². The number of hydrogen-bond donors (Lipinski definition) is 1. The Bertz CT molecular complexity index is 1670. The van der Waals surface area contributed by atoms with Crippen molar-refractivity contribution in [1.82, 2.24) is 10.2 Å². The highest BCUT2D eigenvalue weighted by Crippen LogP contribution is 2.26. The topological polar surface area (TPSA) is 96.0 Å². The van der Waals surface area contributed by atoms with E-state index in [1.165, 1.54) is 42.3 Å². The van der Waals surface area contributed by atoms with Gasteiger partial charge >= 0.3 is 0 Å². The average Bonchev–Trinajstić information content (AvgIpc) is 3.06. The summed E-state index contributed by atoms with van der Waals surface area (Å²) in [5, 5.41) is 2.97. The number of amides is 2. The van der Waals surface area contributed by atoms with Gasteiger partial charge in [-0.25, -0.2) is 12.8 Å². The molecule has 0 unspecified atom stereocenters. The van der Waals surface area contributed by atoms with Crippen LogP contribution >= 0.6 is 0 Å². The molecule has 0 aliphatic rings. The second-order valence-electron chi connectivity index (χ2n) is 10.7. The van der Waals surface area contributed by atoms with Gasteiger partial charge in [0.05, 0.1) is 17.7 Å². The van der Waals surface area contributed by atoms with Crippen LogP contribution in [0.5, 0.6) is 5.75 Å². The van der Waals surface area contributed by atoms with Crippen LogP contribution in [-0.4, -0.2) is 50.9 Å². The van der Waals surface area contributed by atoms with Crippen LogP contribution in [0.25, 0.3) is 0 Å². The van der Waals surface area contributed by atoms with Crippen LogP contribution in [-0.2, 0) is 32.6 Å². The Hall–Kier alpha value is -4.70. The van der Waals surface area contributed by atoms with Gasteiger partial charge in [-0.15, -0.1) is 0 Å². The molecule has 4 aromatic rings. The summed E-state index contributed by atoms with van der Waals surface area (Å²) >= 11 is 0. The SMILES string of the molecule is CC[C@H](C)NC(=O)[C@@H](Cc1ccccc1)N(Cc1ccccc1F)C(=O)CN(c1ccccc1)S(=O)(=O)c1ccc(OC)cc1. The third kappa shape index (κ3) is 8.48. The minimum absolute atomic E-state index is 0.0454. The first-order valence-corrected chi connectivity index (χ1v) is 16.2. The van der Waals surface area contributed by atoms with Crippen molar-refractivity contribution >= 4 is 27.5 Å². The molecular formula is C35H38FN3O5S. The summed E-state index contributed by atoms with van der Waals surface area (Å²) in [6.45, 7) is 2.91. The molecule has 0 bridgehead atoms. The van der Waals surface area contributed by atoms with E-state index in [-0.39, 0.29) is 35.2 Å². The molecule has 0 aliphatic carbocycles. The van der Waals surface area contributed by atoms with E-state index in [1.807, 2.05) is 44.2 Å². The quantitative estimate of drug-likeness (QED) is 0.196. The molecule has 45 heavy (non-hydrogen) atoms. The number of methoxy groups -OCH3 is 1. The lowest BCUT2D eigenvalue weighted by Gasteiger charge is -2.34. The van der Waals surface area contributed by atoms with E-state index in [4.69, 9.17) is 4.74 Å². The maximum absolute atomic E-state index is 15.0. The van der Waals surface area contributed by atoms with E-state index < -0.39 is 40.2 Å². The number of ether oxygens (including phenoxy) is 1. The number of para-hydroxylation sites is 1. The Morgan fingerprint density at radius 1 is 0.867 bits per heavy atom. The van der Waals surface area contributed by atoms with Crippen LogP contribution in [0.1, 0.15) is 31.4 Å². The van der Waals surface area contributed by atoms with Crippen molar-refractivity contribution in [2.24, 2.45) is 0 Å². The molecule has 0 saturated carbocycles. The highest BCUT2D eigenvalue weighted by Gasteiger charge is 2.35. The molecule has 0 heterocycles. The van der Waals surface area contributed by atoms with Gasteiger partial charge in [-0.2, -0.15) is 0 Å². The Labute approximate surface area is 264 Å². The lowest BCUT2D eigenvalue weighted by molar-refractivity contribution is -0.140. The summed E-state index contributed by atoms with van der Waals surface area (Å²) in [5.74, 6) is -1.15. The molecule has 2 amide bonds. The molecule has 8 nitrogen and oxygen atoms in total. The largest absolute Gasteiger partial charge is 0.497 e. The molecule has 10 heteroatoms. The van der Waals surface area contributed by atoms with E-state index >= 15 is 4.39 Å². The number of rotatable bonds is 14. The number of halogens is 1. The second-order valence-corrected chi connectivity index (χ2v) is 12.5. The first-order chi connectivity index (χ1) is 21.6. The molecule has 0 fully saturated rings. The first-order valence-electron chi connectivity index (χ1n) is 14.7. The van der Waals surface area contributed by atoms with Crippen molar-refractivity contribution in [1.29, 1.82) is 0 Å². The molecule has 1 N–H and O–H groups in total. The molecule has 236 valence electrons. The predicted octanol–water partition coefficient (Wildman–Crippen LogP) is 5.58. The van der Waals surface area contributed by atoms with E-state index in [0.29, 0.717) is 12.2 Å². The standard InChI is InChI=1S/C35H38FN3O5S/c1-4-26(2)37-35(41)33(23-27-13-7-5-8-14-27)38(24-28-15-11-12-18-32(28)36)34(40)25-39(29-16-9-6-10-17-29)45(42,43)31-21-19-30(44-3)20-22-31/h5-22,26,33H,4,23-25H2,1-3H3,(H,37,41)/t26-,33+/m0/s1. The van der Waals surface area contributed by atoms with Crippen molar-refractivity contribution in [3.05, 3.63) is 126 Å². The molecule has 4 rings (SSSR count). The number of nitrogens with zero attached hydrogens (tertiary/aromatic N) is 2. The van der Waals surface area contributed by atoms with Crippen molar-refractivity contribution in [3.8, 4) is 5.75 Å². The predicted molar refractivity (Wildman–Crippen MR) is 173 cm³/mol. The zero-order valence-corrected chi connectivity index (χ0v) is 26.4. The molecule has 2 atom stereocenters. The number of benzene rings is 4. The van der Waals surface area contributed by atoms with Gasteiger partial charge in [0.1, 0.15) is 24.2 Å². The smallest absolute Gasteiger partial charge is 0.264 e. The lowest BCUT2D eigenvalue weighted by atomic mass is 10.0. The maximum Gasteiger partial charge on any atom is 0.264 e. The summed E-state index contributed by atoms with van der Waals surface area (Å²) in [6.07, 6.45) is 0.798. The summed E-state index contributed by atoms with van der Waals surface area (Å²) < 4.78 is 49.3. The summed E-state index contributed by atoms with van der Waals surface area (Å²) in [5.41, 5.74) is 1.25. The minimum Gasteiger partial charge on any atom is -0.497 e. The van der Waals surface area contributed by atoms with Gasteiger partial charge < -0.3 is 15.0 Å². The average molecular weight is 632 g/mol. The van der Waals surface area contributed by atoms with E-state index in [9.17, 15) is 18.0 Å². The fourth-order valence-corrected chi connectivity index (χ4v) is 6.22. The van der Waals surface area contributed by atoms with E-state index in [0.717, 1.165) is 9.87 Å². The third-order valence-corrected chi connectivity index (χ3v) is 9.33. The van der Waals surface area contributed by atoms with Gasteiger partial charge in [-0.05, 0) is 61.4 Å². The highest BCUT2D eigenvalue weighted by atomic mass is 32.2. The number of carbonyl (C=O) groups is 2. The van der Waals surface area contributed by atoms with Crippen molar-refractivity contribution in [3.63, 3.8) is 0 Å². The summed E-state index contributed by atoms with van der Waals surface area (Å²) in [4.78, 5) is 29.5. The Kier molecular flexibility index (Phi) is 11.3. The van der Waals surface area contributed by atoms with Gasteiger partial charge in [0.2, 0.25) is 11.8 Å². The lowest BCUT2D eigenvalue weighted by Crippen LogP contribution is -2.54. The number of sulfonamides is 1. The van der Waals surface area contributed by atoms with Crippen LogP contribution in [0.3, 0.4) is 0 Å². The zero-order chi connectivity index (χ0) is 32.4. The van der Waals surface area contributed by atoms with Crippen molar-refractivity contribution < 1.29 is 27.1 Å². The van der Waals surface area contributed by atoms with Gasteiger partial charge in [0, 0.05) is 24.6 Å². The van der Waals surface area contributed by atoms with Crippen LogP contribution in [0.4, 0.5) is 10.1 Å². The van der Waals surface area contributed by atoms with Gasteiger partial charge in [-0.3, -0.25) is 13.9 Å². The molecule has 0 radical (unpaired) electrons. The normalized spacial score (nSPS) is 12.5. The van der Waals surface area contributed by atoms with Crippen molar-refractivity contribution in [2.75, 3.05) is 18.0 Å². The van der Waals surface area contributed by atoms with E-state index in [2.05, 4.69) is 5.32 Å². The maximum atomic E-state index is 15.0. The zero-order valence-electron chi connectivity index (χ0n) is 25.6. The van der Waals surface area contributed by atoms with Crippen molar-refractivity contribution in [2.45, 2.75) is 50.2 Å². The van der Waals surface area contributed by atoms with Crippen LogP contribution < -0.4 is 14.4 Å². The van der Waals surface area contributed by atoms with Gasteiger partial charge in [0.25, 0.3) is 10.0 Å². The number of anilines is 1. The first kappa shape index (κ1) is 33.2. The minimum atomic E-state index is -4.26. The van der Waals surface area contributed by atoms with Crippen LogP contribution in [0.15, 0.2) is 114 Å². The number of carbonyl (C=O) groups excluding carboxylic acids is 2. The summed E-state index contributed by atoms with van der Waals surface area (Å²) in [7, 11) is -2.78. The van der Waals surface area contributed by atoms with Gasteiger partial charge in [-0.1, -0.05) is 73.7 Å². The van der Waals surface area contributed by atoms with Crippen LogP contribution in [0.2, 0.25) is 0 Å². The molecule has 0 aromatic heterocycles. The molecular weight excluding hydrogens is 593 g/mol. The fourth-order valence-electron chi connectivity index (χ4n) is 4.80. The van der Waals surface area contributed by atoms with Crippen LogP contribution in [0, 0.1) is 5.82 Å². The highest BCUT2D eigenvalue weighted by molar-refractivity contribution is 7.92. The van der Waals surface area contributed by atoms with E-state index in [1.54, 1.807) is 48.5 Å². The summed E-state index contributed by atoms with van der Waals surface area (Å²) in [6, 6.07) is 28.1. The Morgan fingerprint density at radius 2 is 1.47 bits per heavy atom. The number of hydrogen-bond acceptors (Lipinski definition) is 5. The Morgan fingerprint density at radius 3 is 2.07 bits per heavy atom. The second kappa shape index (κ2) is 15.3.